The molecule has 0 spiro atoms. The number of sulfonamides is 1. The van der Waals surface area contributed by atoms with E-state index in [1.807, 2.05) is 0 Å². The fourth-order valence-electron chi connectivity index (χ4n) is 3.67. The fraction of sp³-hybridized carbons (Fsp3) is 0.500. The molecule has 0 radical (unpaired) electrons. The molecule has 1 aliphatic rings. The molecule has 1 aromatic carbocycles. The number of methoxy groups -OCH3 is 1. The van der Waals surface area contributed by atoms with Crippen LogP contribution in [0, 0.1) is 6.92 Å². The molecule has 0 bridgehead atoms. The lowest BCUT2D eigenvalue weighted by atomic mass is 10.2. The molecule has 3 rings (SSSR count). The van der Waals surface area contributed by atoms with Gasteiger partial charge in [0.25, 0.3) is 15.9 Å². The van der Waals surface area contributed by atoms with Gasteiger partial charge in [-0.15, -0.1) is 0 Å². The number of rotatable bonds is 7. The summed E-state index contributed by atoms with van der Waals surface area (Å²) in [7, 11) is -1.13. The monoisotopic (exact) mass is 455 g/mol. The van der Waals surface area contributed by atoms with E-state index in [1.165, 1.54) is 30.8 Å². The molecule has 1 heterocycles. The van der Waals surface area contributed by atoms with Crippen LogP contribution in [0.4, 0.5) is 0 Å². The van der Waals surface area contributed by atoms with Crippen LogP contribution < -0.4 is 9.47 Å². The van der Waals surface area contributed by atoms with E-state index in [9.17, 15) is 13.2 Å². The smallest absolute Gasteiger partial charge is 0.271 e. The fourth-order valence-corrected chi connectivity index (χ4v) is 5.78. The van der Waals surface area contributed by atoms with Crippen molar-refractivity contribution in [3.05, 3.63) is 34.6 Å². The second-order valence-corrected chi connectivity index (χ2v) is 9.35. The molecule has 0 atom stereocenters. The Kier molecular flexibility index (Phi) is 6.62. The van der Waals surface area contributed by atoms with Crippen molar-refractivity contribution in [2.24, 2.45) is 7.05 Å². The zero-order chi connectivity index (χ0) is 22.1. The third-order valence-electron chi connectivity index (χ3n) is 5.17. The zero-order valence-corrected chi connectivity index (χ0v) is 19.1. The summed E-state index contributed by atoms with van der Waals surface area (Å²) in [5, 5.41) is 4.01. The van der Waals surface area contributed by atoms with Crippen LogP contribution in [0.1, 0.15) is 48.7 Å². The number of ether oxygens (including phenoxy) is 2. The number of aryl methyl sites for hydroxylation is 2. The molecule has 1 amide bonds. The van der Waals surface area contributed by atoms with Gasteiger partial charge in [-0.05, 0) is 57.7 Å². The van der Waals surface area contributed by atoms with E-state index in [0.717, 1.165) is 30.0 Å². The Bertz CT molecular complexity index is 1040. The molecule has 2 aromatic rings. The van der Waals surface area contributed by atoms with E-state index >= 15 is 0 Å². The first-order valence-electron chi connectivity index (χ1n) is 9.81. The largest absolute Gasteiger partial charge is 0.493 e. The van der Waals surface area contributed by atoms with Gasteiger partial charge < -0.3 is 9.47 Å². The minimum atomic E-state index is -4.19. The highest BCUT2D eigenvalue weighted by molar-refractivity contribution is 7.89. The molecule has 8 nitrogen and oxygen atoms in total. The van der Waals surface area contributed by atoms with Crippen molar-refractivity contribution in [1.82, 2.24) is 14.1 Å². The van der Waals surface area contributed by atoms with Crippen LogP contribution in [0.3, 0.4) is 0 Å². The summed E-state index contributed by atoms with van der Waals surface area (Å²) in [6.45, 7) is 3.07. The molecular weight excluding hydrogens is 430 g/mol. The van der Waals surface area contributed by atoms with Gasteiger partial charge in [-0.1, -0.05) is 11.6 Å². The van der Waals surface area contributed by atoms with Gasteiger partial charge in [0, 0.05) is 19.2 Å². The minimum Gasteiger partial charge on any atom is -0.493 e. The van der Waals surface area contributed by atoms with Crippen molar-refractivity contribution in [3.63, 3.8) is 0 Å². The summed E-state index contributed by atoms with van der Waals surface area (Å²) < 4.78 is 39.9. The standard InChI is InChI=1S/C20H26ClN3O5S/c1-5-24(30(26,27)18-13(2)22-23(3)19(18)21)20(25)14-10-11-16(28-4)17(12-14)29-15-8-6-7-9-15/h10-12,15H,5-9H2,1-4H3. The average molecular weight is 456 g/mol. The van der Waals surface area contributed by atoms with Crippen molar-refractivity contribution in [3.8, 4) is 11.5 Å². The third kappa shape index (κ3) is 4.13. The summed E-state index contributed by atoms with van der Waals surface area (Å²) in [6.07, 6.45) is 4.13. The normalized spacial score (nSPS) is 14.7. The molecule has 1 saturated carbocycles. The van der Waals surface area contributed by atoms with Crippen LogP contribution >= 0.6 is 11.6 Å². The van der Waals surface area contributed by atoms with Crippen LogP contribution in [0.2, 0.25) is 5.15 Å². The lowest BCUT2D eigenvalue weighted by Crippen LogP contribution is -2.37. The van der Waals surface area contributed by atoms with E-state index in [2.05, 4.69) is 5.10 Å². The number of halogens is 1. The number of amides is 1. The van der Waals surface area contributed by atoms with Crippen LogP contribution in [0.5, 0.6) is 11.5 Å². The Labute approximate surface area is 181 Å². The Hall–Kier alpha value is -2.26. The van der Waals surface area contributed by atoms with E-state index < -0.39 is 15.9 Å². The van der Waals surface area contributed by atoms with Gasteiger partial charge in [0.2, 0.25) is 0 Å². The number of hydrogen-bond acceptors (Lipinski definition) is 6. The summed E-state index contributed by atoms with van der Waals surface area (Å²) in [5.41, 5.74) is 0.417. The lowest BCUT2D eigenvalue weighted by molar-refractivity contribution is 0.0865. The average Bonchev–Trinajstić information content (AvgIpc) is 3.29. The predicted octanol–water partition coefficient (Wildman–Crippen LogP) is 3.56. The molecule has 30 heavy (non-hydrogen) atoms. The topological polar surface area (TPSA) is 90.7 Å². The highest BCUT2D eigenvalue weighted by Crippen LogP contribution is 2.34. The predicted molar refractivity (Wildman–Crippen MR) is 113 cm³/mol. The molecule has 0 aliphatic heterocycles. The number of hydrogen-bond donors (Lipinski definition) is 0. The van der Waals surface area contributed by atoms with E-state index in [-0.39, 0.29) is 34.0 Å². The quantitative estimate of drug-likeness (QED) is 0.634. The molecule has 0 unspecified atom stereocenters. The first-order valence-corrected chi connectivity index (χ1v) is 11.6. The second-order valence-electron chi connectivity index (χ2n) is 7.19. The molecule has 10 heteroatoms. The number of carbonyl (C=O) groups excluding carboxylic acids is 1. The van der Waals surface area contributed by atoms with Crippen molar-refractivity contribution in [1.29, 1.82) is 0 Å². The molecule has 1 fully saturated rings. The van der Waals surface area contributed by atoms with E-state index in [0.29, 0.717) is 11.5 Å². The maximum atomic E-state index is 13.2. The maximum absolute atomic E-state index is 13.2. The SMILES string of the molecule is CCN(C(=O)c1ccc(OC)c(OC2CCCC2)c1)S(=O)(=O)c1c(C)nn(C)c1Cl. The van der Waals surface area contributed by atoms with Crippen LogP contribution in [0.25, 0.3) is 0 Å². The number of benzene rings is 1. The maximum Gasteiger partial charge on any atom is 0.271 e. The summed E-state index contributed by atoms with van der Waals surface area (Å²) in [6, 6.07) is 4.67. The van der Waals surface area contributed by atoms with Gasteiger partial charge in [0.05, 0.1) is 18.9 Å². The van der Waals surface area contributed by atoms with Crippen LogP contribution in [0.15, 0.2) is 23.1 Å². The highest BCUT2D eigenvalue weighted by Gasteiger charge is 2.34. The van der Waals surface area contributed by atoms with Crippen molar-refractivity contribution < 1.29 is 22.7 Å². The lowest BCUT2D eigenvalue weighted by Gasteiger charge is -2.22. The molecule has 1 aromatic heterocycles. The summed E-state index contributed by atoms with van der Waals surface area (Å²) in [5.74, 6) is 0.255. The van der Waals surface area contributed by atoms with Gasteiger partial charge in [0.15, 0.2) is 11.5 Å². The summed E-state index contributed by atoms with van der Waals surface area (Å²) in [4.78, 5) is 13.0. The molecule has 0 saturated heterocycles. The van der Waals surface area contributed by atoms with Gasteiger partial charge in [-0.3, -0.25) is 9.48 Å². The molecule has 0 N–H and O–H groups in total. The minimum absolute atomic E-state index is 0.0428. The summed E-state index contributed by atoms with van der Waals surface area (Å²) >= 11 is 6.16. The second kappa shape index (κ2) is 8.85. The van der Waals surface area contributed by atoms with Gasteiger partial charge in [-0.25, -0.2) is 12.7 Å². The van der Waals surface area contributed by atoms with Gasteiger partial charge in [-0.2, -0.15) is 5.10 Å². The molecule has 164 valence electrons. The van der Waals surface area contributed by atoms with Crippen molar-refractivity contribution in [2.45, 2.75) is 50.5 Å². The Morgan fingerprint density at radius 1 is 1.30 bits per heavy atom. The highest BCUT2D eigenvalue weighted by atomic mass is 35.5. The molecule has 1 aliphatic carbocycles. The van der Waals surface area contributed by atoms with Gasteiger partial charge in [0.1, 0.15) is 10.0 Å². The number of nitrogens with zero attached hydrogens (tertiary/aromatic N) is 3. The Morgan fingerprint density at radius 2 is 1.97 bits per heavy atom. The first-order chi connectivity index (χ1) is 14.2. The number of aromatic nitrogens is 2. The number of carbonyl (C=O) groups is 1. The molecular formula is C20H26ClN3O5S. The Morgan fingerprint density at radius 3 is 2.50 bits per heavy atom. The zero-order valence-electron chi connectivity index (χ0n) is 17.5. The van der Waals surface area contributed by atoms with E-state index in [1.54, 1.807) is 20.0 Å². The third-order valence-corrected chi connectivity index (χ3v) is 7.72. The van der Waals surface area contributed by atoms with E-state index in [4.69, 9.17) is 21.1 Å². The van der Waals surface area contributed by atoms with Crippen molar-refractivity contribution >= 4 is 27.5 Å². The van der Waals surface area contributed by atoms with Crippen LogP contribution in [-0.2, 0) is 17.1 Å². The first kappa shape index (κ1) is 22.4. The van der Waals surface area contributed by atoms with Crippen molar-refractivity contribution in [2.75, 3.05) is 13.7 Å². The van der Waals surface area contributed by atoms with Gasteiger partial charge >= 0.3 is 0 Å². The van der Waals surface area contributed by atoms with Crippen LogP contribution in [-0.4, -0.2) is 48.2 Å². The Balaban J connectivity index is 1.97.